The molecule has 1 aromatic heterocycles. The Balaban J connectivity index is 2.34. The first kappa shape index (κ1) is 14.2. The van der Waals surface area contributed by atoms with Gasteiger partial charge in [-0.25, -0.2) is 4.98 Å². The first-order valence-electron chi connectivity index (χ1n) is 6.12. The maximum absolute atomic E-state index is 6.25. The third kappa shape index (κ3) is 3.02. The van der Waals surface area contributed by atoms with Crippen molar-refractivity contribution in [3.05, 3.63) is 58.7 Å². The van der Waals surface area contributed by atoms with Gasteiger partial charge in [0, 0.05) is 23.8 Å². The van der Waals surface area contributed by atoms with Gasteiger partial charge < -0.3 is 4.90 Å². The van der Waals surface area contributed by atoms with E-state index in [1.165, 1.54) is 0 Å². The Morgan fingerprint density at radius 3 is 2.63 bits per heavy atom. The summed E-state index contributed by atoms with van der Waals surface area (Å²) < 4.78 is 0. The maximum Gasteiger partial charge on any atom is 0.133 e. The van der Waals surface area contributed by atoms with Gasteiger partial charge >= 0.3 is 0 Å². The summed E-state index contributed by atoms with van der Waals surface area (Å²) in [5, 5.41) is 0.769. The summed E-state index contributed by atoms with van der Waals surface area (Å²) >= 11 is 12.2. The first-order chi connectivity index (χ1) is 9.15. The average Bonchev–Trinajstić information content (AvgIpc) is 2.46. The Kier molecular flexibility index (Phi) is 4.67. The molecule has 2 nitrogen and oxygen atoms in total. The molecule has 1 unspecified atom stereocenters. The van der Waals surface area contributed by atoms with E-state index in [0.29, 0.717) is 5.88 Å². The molecular formula is C15H16Cl2N2. The van der Waals surface area contributed by atoms with E-state index in [0.717, 1.165) is 22.0 Å². The molecule has 1 atom stereocenters. The van der Waals surface area contributed by atoms with E-state index in [-0.39, 0.29) is 6.04 Å². The Hall–Kier alpha value is -1.25. The number of anilines is 1. The van der Waals surface area contributed by atoms with Crippen LogP contribution in [0.4, 0.5) is 5.82 Å². The Morgan fingerprint density at radius 2 is 1.95 bits per heavy atom. The van der Waals surface area contributed by atoms with Crippen molar-refractivity contribution in [1.29, 1.82) is 0 Å². The smallest absolute Gasteiger partial charge is 0.133 e. The number of benzene rings is 1. The Bertz CT molecular complexity index is 557. The van der Waals surface area contributed by atoms with Crippen LogP contribution in [-0.2, 0) is 5.88 Å². The fraction of sp³-hybridized carbons (Fsp3) is 0.267. The molecule has 19 heavy (non-hydrogen) atoms. The minimum Gasteiger partial charge on any atom is -0.353 e. The van der Waals surface area contributed by atoms with Crippen LogP contribution in [-0.4, -0.2) is 12.0 Å². The SMILES string of the molecule is CC(c1ccccc1Cl)N(C)c1ncccc1CCl. The molecule has 0 saturated carbocycles. The predicted octanol–water partition coefficient (Wildman–Crippen LogP) is 4.67. The van der Waals surface area contributed by atoms with Crippen molar-refractivity contribution in [1.82, 2.24) is 4.98 Å². The lowest BCUT2D eigenvalue weighted by Crippen LogP contribution is -2.24. The van der Waals surface area contributed by atoms with Gasteiger partial charge in [0.05, 0.1) is 11.9 Å². The molecule has 0 radical (unpaired) electrons. The normalized spacial score (nSPS) is 12.2. The van der Waals surface area contributed by atoms with Gasteiger partial charge in [0.1, 0.15) is 5.82 Å². The molecule has 1 heterocycles. The largest absolute Gasteiger partial charge is 0.353 e. The molecule has 0 fully saturated rings. The second-order valence-electron chi connectivity index (χ2n) is 4.43. The monoisotopic (exact) mass is 294 g/mol. The summed E-state index contributed by atoms with van der Waals surface area (Å²) in [6.07, 6.45) is 1.78. The van der Waals surface area contributed by atoms with E-state index in [2.05, 4.69) is 16.8 Å². The van der Waals surface area contributed by atoms with Gasteiger partial charge in [-0.1, -0.05) is 35.9 Å². The summed E-state index contributed by atoms with van der Waals surface area (Å²) in [5.41, 5.74) is 2.10. The quantitative estimate of drug-likeness (QED) is 0.762. The maximum atomic E-state index is 6.25. The number of nitrogens with zero attached hydrogens (tertiary/aromatic N) is 2. The topological polar surface area (TPSA) is 16.1 Å². The van der Waals surface area contributed by atoms with Crippen LogP contribution in [0.1, 0.15) is 24.1 Å². The van der Waals surface area contributed by atoms with Crippen molar-refractivity contribution in [2.45, 2.75) is 18.8 Å². The Morgan fingerprint density at radius 1 is 1.21 bits per heavy atom. The molecule has 0 aliphatic heterocycles. The van der Waals surface area contributed by atoms with Gasteiger partial charge in [0.25, 0.3) is 0 Å². The van der Waals surface area contributed by atoms with E-state index in [1.54, 1.807) is 6.20 Å². The second-order valence-corrected chi connectivity index (χ2v) is 5.10. The molecule has 2 aromatic rings. The van der Waals surface area contributed by atoms with E-state index in [9.17, 15) is 0 Å². The lowest BCUT2D eigenvalue weighted by atomic mass is 10.1. The van der Waals surface area contributed by atoms with E-state index in [1.807, 2.05) is 43.4 Å². The van der Waals surface area contributed by atoms with Gasteiger partial charge in [-0.2, -0.15) is 0 Å². The molecule has 0 bridgehead atoms. The zero-order chi connectivity index (χ0) is 13.8. The molecule has 0 amide bonds. The van der Waals surface area contributed by atoms with Crippen molar-refractivity contribution >= 4 is 29.0 Å². The molecule has 0 aliphatic carbocycles. The molecule has 100 valence electrons. The standard InChI is InChI=1S/C15H16Cl2N2/c1-11(13-7-3-4-8-14(13)17)19(2)15-12(10-16)6-5-9-18-15/h3-9,11H,10H2,1-2H3. The molecule has 2 rings (SSSR count). The number of alkyl halides is 1. The highest BCUT2D eigenvalue weighted by atomic mass is 35.5. The number of halogens is 2. The van der Waals surface area contributed by atoms with Crippen LogP contribution < -0.4 is 4.90 Å². The van der Waals surface area contributed by atoms with Crippen molar-refractivity contribution < 1.29 is 0 Å². The fourth-order valence-electron chi connectivity index (χ4n) is 2.06. The van der Waals surface area contributed by atoms with E-state index < -0.39 is 0 Å². The minimum atomic E-state index is 0.130. The molecule has 0 N–H and O–H groups in total. The van der Waals surface area contributed by atoms with E-state index in [4.69, 9.17) is 23.2 Å². The molecule has 0 saturated heterocycles. The van der Waals surface area contributed by atoms with Crippen LogP contribution in [0.25, 0.3) is 0 Å². The van der Waals surface area contributed by atoms with Crippen LogP contribution in [0, 0.1) is 0 Å². The molecular weight excluding hydrogens is 279 g/mol. The highest BCUT2D eigenvalue weighted by Gasteiger charge is 2.17. The highest BCUT2D eigenvalue weighted by molar-refractivity contribution is 6.31. The summed E-state index contributed by atoms with van der Waals surface area (Å²) in [4.78, 5) is 6.52. The third-order valence-corrected chi connectivity index (χ3v) is 3.91. The van der Waals surface area contributed by atoms with Gasteiger partial charge in [0.2, 0.25) is 0 Å². The number of aromatic nitrogens is 1. The van der Waals surface area contributed by atoms with Crippen LogP contribution >= 0.6 is 23.2 Å². The predicted molar refractivity (Wildman–Crippen MR) is 82.1 cm³/mol. The Labute approximate surface area is 124 Å². The molecule has 4 heteroatoms. The number of hydrogen-bond acceptors (Lipinski definition) is 2. The summed E-state index contributed by atoms with van der Waals surface area (Å²) in [5.74, 6) is 1.34. The number of pyridine rings is 1. The summed E-state index contributed by atoms with van der Waals surface area (Å²) in [7, 11) is 2.01. The summed E-state index contributed by atoms with van der Waals surface area (Å²) in [6, 6.07) is 11.9. The lowest BCUT2D eigenvalue weighted by Gasteiger charge is -2.28. The molecule has 0 spiro atoms. The lowest BCUT2D eigenvalue weighted by molar-refractivity contribution is 0.725. The zero-order valence-corrected chi connectivity index (χ0v) is 12.5. The number of hydrogen-bond donors (Lipinski definition) is 0. The van der Waals surface area contributed by atoms with Crippen LogP contribution in [0.3, 0.4) is 0 Å². The van der Waals surface area contributed by atoms with Crippen molar-refractivity contribution in [2.24, 2.45) is 0 Å². The van der Waals surface area contributed by atoms with Crippen LogP contribution in [0.2, 0.25) is 5.02 Å². The average molecular weight is 295 g/mol. The van der Waals surface area contributed by atoms with Gasteiger partial charge in [0.15, 0.2) is 0 Å². The van der Waals surface area contributed by atoms with Gasteiger partial charge in [-0.05, 0) is 24.6 Å². The van der Waals surface area contributed by atoms with Gasteiger partial charge in [-0.3, -0.25) is 0 Å². The first-order valence-corrected chi connectivity index (χ1v) is 7.03. The second kappa shape index (κ2) is 6.27. The fourth-order valence-corrected chi connectivity index (χ4v) is 2.56. The third-order valence-electron chi connectivity index (χ3n) is 3.28. The summed E-state index contributed by atoms with van der Waals surface area (Å²) in [6.45, 7) is 2.11. The number of rotatable bonds is 4. The molecule has 1 aromatic carbocycles. The molecule has 0 aliphatic rings. The zero-order valence-electron chi connectivity index (χ0n) is 11.0. The van der Waals surface area contributed by atoms with Gasteiger partial charge in [-0.15, -0.1) is 11.6 Å². The minimum absolute atomic E-state index is 0.130. The van der Waals surface area contributed by atoms with Crippen LogP contribution in [0.15, 0.2) is 42.6 Å². The van der Waals surface area contributed by atoms with Crippen molar-refractivity contribution in [3.8, 4) is 0 Å². The highest BCUT2D eigenvalue weighted by Crippen LogP contribution is 2.30. The van der Waals surface area contributed by atoms with Crippen molar-refractivity contribution in [3.63, 3.8) is 0 Å². The van der Waals surface area contributed by atoms with Crippen LogP contribution in [0.5, 0.6) is 0 Å². The van der Waals surface area contributed by atoms with Crippen molar-refractivity contribution in [2.75, 3.05) is 11.9 Å². The van der Waals surface area contributed by atoms with E-state index >= 15 is 0 Å².